The highest BCUT2D eigenvalue weighted by Crippen LogP contribution is 2.38. The van der Waals surface area contributed by atoms with Crippen molar-refractivity contribution in [3.63, 3.8) is 0 Å². The standard InChI is InChI=1S/C32H23FN2O3S/c33-24-15-12-22(13-16-24)21-38-29-17-14-23-7-4-5-11-27(23)28(29)19-30-31(36)35(20-26-10-6-18-37-26)32(39-30)34-25-8-2-1-3-9-25/h1-19H,20-21H2/b30-19-,34-32?. The number of rotatable bonds is 7. The van der Waals surface area contributed by atoms with Crippen LogP contribution in [0.4, 0.5) is 10.1 Å². The second kappa shape index (κ2) is 11.0. The number of hydrogen-bond donors (Lipinski definition) is 0. The maximum absolute atomic E-state index is 13.7. The quantitative estimate of drug-likeness (QED) is 0.199. The van der Waals surface area contributed by atoms with E-state index in [2.05, 4.69) is 0 Å². The van der Waals surface area contributed by atoms with Crippen LogP contribution < -0.4 is 4.74 Å². The number of carbonyl (C=O) groups is 1. The Morgan fingerprint density at radius 2 is 1.69 bits per heavy atom. The van der Waals surface area contributed by atoms with E-state index in [0.29, 0.717) is 21.6 Å². The zero-order valence-corrected chi connectivity index (χ0v) is 21.6. The normalized spacial score (nSPS) is 15.5. The molecule has 0 atom stereocenters. The number of furan rings is 1. The molecule has 1 aliphatic rings. The van der Waals surface area contributed by atoms with Crippen LogP contribution in [-0.2, 0) is 17.9 Å². The van der Waals surface area contributed by atoms with Crippen LogP contribution >= 0.6 is 11.8 Å². The van der Waals surface area contributed by atoms with E-state index < -0.39 is 0 Å². The van der Waals surface area contributed by atoms with E-state index in [1.807, 2.05) is 78.9 Å². The second-order valence-electron chi connectivity index (χ2n) is 8.92. The van der Waals surface area contributed by atoms with Gasteiger partial charge in [0.15, 0.2) is 5.17 Å². The van der Waals surface area contributed by atoms with Gasteiger partial charge in [0.05, 0.1) is 23.4 Å². The lowest BCUT2D eigenvalue weighted by Gasteiger charge is -2.14. The monoisotopic (exact) mass is 534 g/mol. The molecule has 0 saturated carbocycles. The number of amidine groups is 1. The van der Waals surface area contributed by atoms with Crippen LogP contribution in [0.25, 0.3) is 16.8 Å². The Labute approximate surface area is 229 Å². The van der Waals surface area contributed by atoms with Crippen LogP contribution in [0, 0.1) is 5.82 Å². The molecule has 1 saturated heterocycles. The van der Waals surface area contributed by atoms with Crippen molar-refractivity contribution in [1.29, 1.82) is 0 Å². The van der Waals surface area contributed by atoms with E-state index >= 15 is 0 Å². The molecule has 1 fully saturated rings. The van der Waals surface area contributed by atoms with Gasteiger partial charge in [-0.05, 0) is 76.6 Å². The van der Waals surface area contributed by atoms with E-state index in [1.165, 1.54) is 23.9 Å². The fraction of sp³-hybridized carbons (Fsp3) is 0.0625. The molecule has 1 aromatic heterocycles. The molecule has 0 bridgehead atoms. The third-order valence-corrected chi connectivity index (χ3v) is 7.28. The molecule has 0 N–H and O–H groups in total. The number of thioether (sulfide) groups is 1. The Morgan fingerprint density at radius 1 is 0.897 bits per heavy atom. The number of nitrogens with zero attached hydrogens (tertiary/aromatic N) is 2. The fourth-order valence-corrected chi connectivity index (χ4v) is 5.30. The number of hydrogen-bond acceptors (Lipinski definition) is 5. The first-order valence-corrected chi connectivity index (χ1v) is 13.2. The molecule has 0 unspecified atom stereocenters. The third kappa shape index (κ3) is 5.49. The van der Waals surface area contributed by atoms with E-state index in [1.54, 1.807) is 29.4 Å². The minimum Gasteiger partial charge on any atom is -0.488 e. The zero-order valence-electron chi connectivity index (χ0n) is 20.8. The molecular formula is C32H23FN2O3S. The van der Waals surface area contributed by atoms with Crippen molar-refractivity contribution in [2.75, 3.05) is 0 Å². The van der Waals surface area contributed by atoms with Crippen molar-refractivity contribution in [1.82, 2.24) is 4.90 Å². The Balaban J connectivity index is 1.39. The highest BCUT2D eigenvalue weighted by atomic mass is 32.2. The highest BCUT2D eigenvalue weighted by Gasteiger charge is 2.34. The van der Waals surface area contributed by atoms with E-state index in [-0.39, 0.29) is 24.9 Å². The maximum Gasteiger partial charge on any atom is 0.267 e. The molecule has 0 aliphatic carbocycles. The van der Waals surface area contributed by atoms with Crippen molar-refractivity contribution in [2.45, 2.75) is 13.2 Å². The number of aliphatic imine (C=N–C) groups is 1. The molecule has 1 aliphatic heterocycles. The Hall–Kier alpha value is -4.62. The van der Waals surface area contributed by atoms with Crippen LogP contribution in [0.5, 0.6) is 5.75 Å². The molecule has 5 aromatic rings. The molecule has 0 radical (unpaired) electrons. The van der Waals surface area contributed by atoms with Crippen molar-refractivity contribution < 1.29 is 18.3 Å². The zero-order chi connectivity index (χ0) is 26.6. The van der Waals surface area contributed by atoms with Crippen LogP contribution in [0.3, 0.4) is 0 Å². The van der Waals surface area contributed by atoms with Crippen LogP contribution in [0.15, 0.2) is 124 Å². The molecule has 5 nitrogen and oxygen atoms in total. The molecule has 192 valence electrons. The lowest BCUT2D eigenvalue weighted by molar-refractivity contribution is -0.122. The van der Waals surface area contributed by atoms with Crippen molar-refractivity contribution >= 4 is 45.4 Å². The van der Waals surface area contributed by atoms with E-state index in [9.17, 15) is 9.18 Å². The summed E-state index contributed by atoms with van der Waals surface area (Å²) in [5, 5.41) is 2.56. The van der Waals surface area contributed by atoms with Gasteiger partial charge in [-0.1, -0.05) is 60.7 Å². The fourth-order valence-electron chi connectivity index (χ4n) is 4.33. The summed E-state index contributed by atoms with van der Waals surface area (Å²) in [4.78, 5) is 20.7. The predicted molar refractivity (Wildman–Crippen MR) is 153 cm³/mol. The number of fused-ring (bicyclic) bond motifs is 1. The Morgan fingerprint density at radius 3 is 2.49 bits per heavy atom. The van der Waals surface area contributed by atoms with Gasteiger partial charge in [0.25, 0.3) is 5.91 Å². The maximum atomic E-state index is 13.7. The first-order chi connectivity index (χ1) is 19.1. The van der Waals surface area contributed by atoms with Gasteiger partial charge in [-0.15, -0.1) is 0 Å². The average molecular weight is 535 g/mol. The van der Waals surface area contributed by atoms with Crippen LogP contribution in [0.1, 0.15) is 16.9 Å². The Bertz CT molecular complexity index is 1680. The minimum absolute atomic E-state index is 0.163. The van der Waals surface area contributed by atoms with Gasteiger partial charge in [0.2, 0.25) is 0 Å². The molecule has 0 spiro atoms. The number of ether oxygens (including phenoxy) is 1. The van der Waals surface area contributed by atoms with Crippen molar-refractivity contribution in [3.8, 4) is 5.75 Å². The third-order valence-electron chi connectivity index (χ3n) is 6.28. The molecule has 2 heterocycles. The van der Waals surface area contributed by atoms with Gasteiger partial charge in [-0.25, -0.2) is 9.38 Å². The van der Waals surface area contributed by atoms with E-state index in [4.69, 9.17) is 14.1 Å². The number of carbonyl (C=O) groups excluding carboxylic acids is 1. The van der Waals surface area contributed by atoms with Gasteiger partial charge in [-0.2, -0.15) is 0 Å². The number of benzene rings is 4. The summed E-state index contributed by atoms with van der Waals surface area (Å²) in [6.07, 6.45) is 3.46. The summed E-state index contributed by atoms with van der Waals surface area (Å²) >= 11 is 1.32. The smallest absolute Gasteiger partial charge is 0.267 e. The second-order valence-corrected chi connectivity index (χ2v) is 9.93. The van der Waals surface area contributed by atoms with Gasteiger partial charge < -0.3 is 9.15 Å². The average Bonchev–Trinajstić information content (AvgIpc) is 3.58. The summed E-state index contributed by atoms with van der Waals surface area (Å²) in [7, 11) is 0. The first kappa shape index (κ1) is 24.7. The lowest BCUT2D eigenvalue weighted by Crippen LogP contribution is -2.28. The topological polar surface area (TPSA) is 55.0 Å². The largest absolute Gasteiger partial charge is 0.488 e. The van der Waals surface area contributed by atoms with Gasteiger partial charge in [-0.3, -0.25) is 9.69 Å². The molecule has 39 heavy (non-hydrogen) atoms. The lowest BCUT2D eigenvalue weighted by atomic mass is 10.0. The van der Waals surface area contributed by atoms with Gasteiger partial charge in [0, 0.05) is 5.56 Å². The van der Waals surface area contributed by atoms with Gasteiger partial charge >= 0.3 is 0 Å². The summed E-state index contributed by atoms with van der Waals surface area (Å²) in [5.74, 6) is 0.839. The summed E-state index contributed by atoms with van der Waals surface area (Å²) in [5.41, 5.74) is 2.40. The molecule has 1 amide bonds. The highest BCUT2D eigenvalue weighted by molar-refractivity contribution is 8.18. The predicted octanol–water partition coefficient (Wildman–Crippen LogP) is 7.96. The molecule has 6 rings (SSSR count). The first-order valence-electron chi connectivity index (χ1n) is 12.4. The molecular weight excluding hydrogens is 511 g/mol. The SMILES string of the molecule is O=C1/C(=C/c2c(OCc3ccc(F)cc3)ccc3ccccc23)SC(=Nc2ccccc2)N1Cc1ccco1. The van der Waals surface area contributed by atoms with E-state index in [0.717, 1.165) is 27.6 Å². The Kier molecular flexibility index (Phi) is 6.97. The van der Waals surface area contributed by atoms with Crippen LogP contribution in [-0.4, -0.2) is 16.0 Å². The molecule has 7 heteroatoms. The summed E-state index contributed by atoms with van der Waals surface area (Å²) < 4.78 is 25.1. The molecule has 4 aromatic carbocycles. The van der Waals surface area contributed by atoms with Gasteiger partial charge in [0.1, 0.15) is 23.9 Å². The number of para-hydroxylation sites is 1. The van der Waals surface area contributed by atoms with Crippen molar-refractivity contribution in [2.24, 2.45) is 4.99 Å². The minimum atomic E-state index is -0.293. The summed E-state index contributed by atoms with van der Waals surface area (Å²) in [6.45, 7) is 0.534. The summed E-state index contributed by atoms with van der Waals surface area (Å²) in [6, 6.07) is 31.3. The van der Waals surface area contributed by atoms with Crippen molar-refractivity contribution in [3.05, 3.63) is 137 Å². The van der Waals surface area contributed by atoms with Crippen LogP contribution in [0.2, 0.25) is 0 Å². The number of amides is 1. The number of halogens is 1.